The molecule has 0 fully saturated rings. The second-order valence-corrected chi connectivity index (χ2v) is 20.2. The minimum Gasteiger partial charge on any atom is -0.497 e. The number of benzene rings is 3. The Balaban J connectivity index is 0.931. The molecule has 15 nitrogen and oxygen atoms in total. The maximum absolute atomic E-state index is 16.5. The fourth-order valence-electron chi connectivity index (χ4n) is 9.53. The zero-order chi connectivity index (χ0) is 54.5. The molecule has 3 aromatic carbocycles. The molecule has 3 heterocycles. The summed E-state index contributed by atoms with van der Waals surface area (Å²) in [5.41, 5.74) is 5.48. The first-order valence-electron chi connectivity index (χ1n) is 25.7. The quantitative estimate of drug-likeness (QED) is 0.0286. The molecule has 0 saturated carbocycles. The topological polar surface area (TPSA) is 186 Å². The van der Waals surface area contributed by atoms with E-state index in [1.807, 2.05) is 43.3 Å². The van der Waals surface area contributed by atoms with Gasteiger partial charge < -0.3 is 53.1 Å². The normalized spacial score (nSPS) is 14.5. The summed E-state index contributed by atoms with van der Waals surface area (Å²) in [6.45, 7) is 8.08. The van der Waals surface area contributed by atoms with E-state index in [0.29, 0.717) is 102 Å². The fraction of sp³-hybridized carbons (Fsp3) is 0.421. The third-order valence-electron chi connectivity index (χ3n) is 13.4. The van der Waals surface area contributed by atoms with Crippen molar-refractivity contribution in [1.82, 2.24) is 25.7 Å². The van der Waals surface area contributed by atoms with Gasteiger partial charge in [0.2, 0.25) is 17.7 Å². The number of esters is 1. The minimum absolute atomic E-state index is 0.115. The van der Waals surface area contributed by atoms with Crippen LogP contribution in [-0.4, -0.2) is 102 Å². The number of ketones is 1. The highest BCUT2D eigenvalue weighted by Gasteiger charge is 2.54. The highest BCUT2D eigenvalue weighted by Crippen LogP contribution is 2.41. The molecular weight excluding hydrogens is 961 g/mol. The molecule has 0 saturated heterocycles. The molecule has 0 radical (unpaired) electrons. The highest BCUT2D eigenvalue weighted by atomic mass is 19.2. The van der Waals surface area contributed by atoms with E-state index in [2.05, 4.69) is 21.3 Å². The van der Waals surface area contributed by atoms with Crippen LogP contribution in [0.4, 0.5) is 13.4 Å². The largest absolute Gasteiger partial charge is 0.737 e. The van der Waals surface area contributed by atoms with E-state index >= 15 is 8.63 Å². The van der Waals surface area contributed by atoms with Crippen LogP contribution in [0.5, 0.6) is 5.75 Å². The first kappa shape index (κ1) is 56.9. The zero-order valence-electron chi connectivity index (χ0n) is 44.4. The Morgan fingerprint density at radius 1 is 0.733 bits per heavy atom. The van der Waals surface area contributed by atoms with Crippen molar-refractivity contribution < 1.29 is 56.1 Å². The molecule has 4 N–H and O–H groups in total. The minimum atomic E-state index is -4.23. The second kappa shape index (κ2) is 25.7. The van der Waals surface area contributed by atoms with Gasteiger partial charge in [0.05, 0.1) is 18.7 Å². The maximum Gasteiger partial charge on any atom is 0.737 e. The number of aromatic nitrogens is 1. The lowest BCUT2D eigenvalue weighted by Gasteiger charge is -2.31. The van der Waals surface area contributed by atoms with Gasteiger partial charge in [0.15, 0.2) is 18.1 Å². The lowest BCUT2D eigenvalue weighted by atomic mass is 9.89. The Morgan fingerprint density at radius 2 is 1.39 bits per heavy atom. The number of allylic oxidation sites excluding steroid dienone is 2. The van der Waals surface area contributed by atoms with Crippen LogP contribution in [0.25, 0.3) is 17.3 Å². The monoisotopic (exact) mass is 1030 g/mol. The summed E-state index contributed by atoms with van der Waals surface area (Å²) in [7, 11) is 1.55. The van der Waals surface area contributed by atoms with E-state index in [1.165, 1.54) is 0 Å². The van der Waals surface area contributed by atoms with E-state index in [0.717, 1.165) is 25.7 Å². The third kappa shape index (κ3) is 15.1. The molecular formula is C57H71BF2N6O9. The van der Waals surface area contributed by atoms with E-state index in [1.54, 1.807) is 103 Å². The Kier molecular flexibility index (Phi) is 19.5. The number of unbranched alkanes of at least 4 members (excludes halogenated alkanes) is 3. The van der Waals surface area contributed by atoms with Gasteiger partial charge in [-0.1, -0.05) is 55.0 Å². The number of hydrogen-bond donors (Lipinski definition) is 4. The number of rotatable bonds is 25. The number of carbonyl (C=O) groups excluding carboxylic acids is 6. The predicted molar refractivity (Wildman–Crippen MR) is 285 cm³/mol. The van der Waals surface area contributed by atoms with Gasteiger partial charge >= 0.3 is 19.0 Å². The average molecular weight is 1030 g/mol. The number of alkyl carbamates (subject to hydrolysis) is 1. The van der Waals surface area contributed by atoms with Gasteiger partial charge in [-0.05, 0) is 139 Å². The van der Waals surface area contributed by atoms with Gasteiger partial charge in [-0.15, -0.1) is 0 Å². The molecule has 0 unspecified atom stereocenters. The summed E-state index contributed by atoms with van der Waals surface area (Å²) in [6, 6.07) is 22.7. The summed E-state index contributed by atoms with van der Waals surface area (Å²) in [4.78, 5) is 79.2. The Labute approximate surface area is 438 Å². The number of halogens is 2. The molecule has 4 aromatic rings. The Hall–Kier alpha value is -7.37. The van der Waals surface area contributed by atoms with Crippen molar-refractivity contribution in [2.24, 2.45) is 0 Å². The number of nitrogens with zero attached hydrogens (tertiary/aromatic N) is 2. The van der Waals surface area contributed by atoms with Gasteiger partial charge in [0, 0.05) is 67.9 Å². The predicted octanol–water partition coefficient (Wildman–Crippen LogP) is 8.95. The van der Waals surface area contributed by atoms with Crippen LogP contribution >= 0.6 is 0 Å². The molecule has 75 heavy (non-hydrogen) atoms. The summed E-state index contributed by atoms with van der Waals surface area (Å²) >= 11 is 0. The maximum atomic E-state index is 16.5. The molecule has 400 valence electrons. The average Bonchev–Trinajstić information content (AvgIpc) is 3.90. The van der Waals surface area contributed by atoms with Crippen LogP contribution in [0.15, 0.2) is 102 Å². The molecule has 4 amide bonds. The lowest BCUT2D eigenvalue weighted by molar-refractivity contribution is -0.362. The smallest absolute Gasteiger partial charge is 0.497 e. The van der Waals surface area contributed by atoms with Crippen molar-refractivity contribution in [2.75, 3.05) is 26.8 Å². The van der Waals surface area contributed by atoms with Crippen LogP contribution in [0.1, 0.15) is 125 Å². The number of methoxy groups -OCH3 is 1. The number of nitrogens with one attached hydrogen (secondary N) is 4. The Morgan fingerprint density at radius 3 is 2.04 bits per heavy atom. The van der Waals surface area contributed by atoms with Crippen LogP contribution in [0, 0.1) is 13.8 Å². The van der Waals surface area contributed by atoms with Gasteiger partial charge in [-0.2, -0.15) is 0 Å². The van der Waals surface area contributed by atoms with Crippen LogP contribution in [0.3, 0.4) is 0 Å². The number of carbonyl (C=O) groups is 6. The molecule has 0 aliphatic carbocycles. The second-order valence-electron chi connectivity index (χ2n) is 20.2. The van der Waals surface area contributed by atoms with Crippen molar-refractivity contribution in [3.8, 4) is 17.0 Å². The summed E-state index contributed by atoms with van der Waals surface area (Å²) in [5.74, 6) is -1.51. The molecule has 6 rings (SSSR count). The summed E-state index contributed by atoms with van der Waals surface area (Å²) < 4.78 is 51.3. The summed E-state index contributed by atoms with van der Waals surface area (Å²) in [5, 5.41) is 11.3. The molecule has 18 heteroatoms. The first-order chi connectivity index (χ1) is 35.7. The number of amides is 4. The number of aryl methyl sites for hydroxylation is 2. The Bertz CT molecular complexity index is 2810. The number of fused-ring (bicyclic) bond motifs is 2. The van der Waals surface area contributed by atoms with Gasteiger partial charge in [-0.3, -0.25) is 19.2 Å². The van der Waals surface area contributed by atoms with Crippen molar-refractivity contribution in [2.45, 2.75) is 130 Å². The van der Waals surface area contributed by atoms with Gasteiger partial charge in [-0.25, -0.2) is 9.59 Å². The standard InChI is InChI=1S/C57H71BF2N6O9/c1-37-18-17-19-38(2)53(37)55(71)74-36-50(67)46(63-54(70)47(34-41-20-11-9-12-21-41)64-56(72)75-57(5,6)7)22-14-16-33-61-51(68)23-13-10-15-32-62-52(69)31-29-45-39(3)49-35-43-26-30-48(42-24-27-44(73-8)28-25-42)66(43)58(59,60)65(49)40(45)4/h9,11-12,17-21,24-28,30,35,46-47H,10,13-16,22-23,29,31-34,36H2,1-8H3,(H,61,68)(H,62,69)(H,63,70)(H,64,72)/t46-,47-/m1/s1. The number of Topliss-reactive ketones (excluding diaryl/α,β-unsaturated/α-hetero) is 1. The first-order valence-corrected chi connectivity index (χ1v) is 25.7. The van der Waals surface area contributed by atoms with E-state index in [-0.39, 0.29) is 37.5 Å². The van der Waals surface area contributed by atoms with Crippen molar-refractivity contribution >= 4 is 54.3 Å². The van der Waals surface area contributed by atoms with Gasteiger partial charge in [0.25, 0.3) is 0 Å². The van der Waals surface area contributed by atoms with Crippen molar-refractivity contribution in [1.29, 1.82) is 0 Å². The lowest BCUT2D eigenvalue weighted by Crippen LogP contribution is -2.53. The third-order valence-corrected chi connectivity index (χ3v) is 13.4. The fourth-order valence-corrected chi connectivity index (χ4v) is 9.53. The zero-order valence-corrected chi connectivity index (χ0v) is 44.4. The van der Waals surface area contributed by atoms with E-state index < -0.39 is 55.0 Å². The molecule has 2 aliphatic rings. The van der Waals surface area contributed by atoms with Crippen LogP contribution in [-0.2, 0) is 35.1 Å². The summed E-state index contributed by atoms with van der Waals surface area (Å²) in [6.07, 6.45) is 4.82. The molecule has 2 aliphatic heterocycles. The van der Waals surface area contributed by atoms with Gasteiger partial charge in [0.1, 0.15) is 23.1 Å². The molecule has 0 spiro atoms. The molecule has 0 bridgehead atoms. The molecule has 1 aromatic heterocycles. The van der Waals surface area contributed by atoms with Crippen LogP contribution < -0.4 is 26.0 Å². The number of hydrogen-bond acceptors (Lipinski definition) is 9. The van der Waals surface area contributed by atoms with E-state index in [9.17, 15) is 28.8 Å². The van der Waals surface area contributed by atoms with E-state index in [4.69, 9.17) is 14.2 Å². The number of ether oxygens (including phenoxy) is 3. The van der Waals surface area contributed by atoms with Crippen molar-refractivity contribution in [3.63, 3.8) is 0 Å². The molecule has 2 atom stereocenters. The SMILES string of the molecule is COc1ccc(-c2ccc3n2[B-](F)(F)[N+]2=C(C)C(CCC(=O)NCCCCCC(=O)NCCCC[C@@H](NC(=O)[C@@H](Cc4ccccc4)NC(=O)OC(C)(C)C)C(=O)COC(=O)c4c(C)cccc4C)=C(C)C2=C3)cc1. The highest BCUT2D eigenvalue weighted by molar-refractivity contribution is 6.58. The van der Waals surface area contributed by atoms with Crippen molar-refractivity contribution in [3.05, 3.63) is 130 Å². The van der Waals surface area contributed by atoms with Crippen LogP contribution in [0.2, 0.25) is 0 Å².